The average molecular weight is 233 g/mol. The van der Waals surface area contributed by atoms with Crippen molar-refractivity contribution < 1.29 is 0 Å². The average Bonchev–Trinajstić information content (AvgIpc) is 2.77. The Labute approximate surface area is 106 Å². The van der Waals surface area contributed by atoms with Gasteiger partial charge in [0.2, 0.25) is 0 Å². The van der Waals surface area contributed by atoms with Crippen molar-refractivity contribution in [2.75, 3.05) is 0 Å². The molecule has 0 aliphatic carbocycles. The summed E-state index contributed by atoms with van der Waals surface area (Å²) in [6.45, 7) is 7.92. The van der Waals surface area contributed by atoms with E-state index in [0.29, 0.717) is 0 Å². The topological polar surface area (TPSA) is 15.8 Å². The first-order valence-electron chi connectivity index (χ1n) is 6.09. The van der Waals surface area contributed by atoms with Gasteiger partial charge in [-0.05, 0) is 18.1 Å². The van der Waals surface area contributed by atoms with E-state index in [1.54, 1.807) is 0 Å². The van der Waals surface area contributed by atoms with Gasteiger partial charge < -0.3 is 4.98 Å². The van der Waals surface area contributed by atoms with Crippen LogP contribution in [0.2, 0.25) is 0 Å². The molecule has 0 amide bonds. The molecular formula is C17H15N. The van der Waals surface area contributed by atoms with E-state index in [1.807, 2.05) is 6.08 Å². The van der Waals surface area contributed by atoms with Crippen LogP contribution in [0.15, 0.2) is 61.7 Å². The van der Waals surface area contributed by atoms with Crippen LogP contribution in [0.5, 0.6) is 0 Å². The molecule has 2 aromatic carbocycles. The van der Waals surface area contributed by atoms with Crippen LogP contribution in [0, 0.1) is 0 Å². The van der Waals surface area contributed by atoms with Crippen molar-refractivity contribution in [2.45, 2.75) is 6.42 Å². The highest BCUT2D eigenvalue weighted by Crippen LogP contribution is 2.31. The zero-order valence-corrected chi connectivity index (χ0v) is 10.2. The number of fused-ring (bicyclic) bond motifs is 3. The van der Waals surface area contributed by atoms with E-state index in [1.165, 1.54) is 27.4 Å². The molecule has 88 valence electrons. The van der Waals surface area contributed by atoms with Crippen molar-refractivity contribution >= 4 is 27.4 Å². The van der Waals surface area contributed by atoms with Crippen LogP contribution in [-0.4, -0.2) is 4.98 Å². The summed E-state index contributed by atoms with van der Waals surface area (Å²) in [5.74, 6) is 0. The number of hydrogen-bond acceptors (Lipinski definition) is 0. The maximum Gasteiger partial charge on any atom is 0.0541 e. The van der Waals surface area contributed by atoms with E-state index in [2.05, 4.69) is 60.6 Å². The summed E-state index contributed by atoms with van der Waals surface area (Å²) in [6.07, 6.45) is 2.71. The van der Waals surface area contributed by atoms with Gasteiger partial charge in [0.15, 0.2) is 0 Å². The maximum atomic E-state index is 4.14. The molecule has 18 heavy (non-hydrogen) atoms. The summed E-state index contributed by atoms with van der Waals surface area (Å²) in [6, 6.07) is 14.7. The van der Waals surface area contributed by atoms with E-state index in [9.17, 15) is 0 Å². The predicted molar refractivity (Wildman–Crippen MR) is 79.7 cm³/mol. The molecule has 0 radical (unpaired) electrons. The molecule has 0 atom stereocenters. The lowest BCUT2D eigenvalue weighted by atomic mass is 10.0. The fourth-order valence-electron chi connectivity index (χ4n) is 2.45. The summed E-state index contributed by atoms with van der Waals surface area (Å²) in [5.41, 5.74) is 4.63. The molecule has 0 unspecified atom stereocenters. The molecule has 1 heterocycles. The fourth-order valence-corrected chi connectivity index (χ4v) is 2.45. The van der Waals surface area contributed by atoms with E-state index in [4.69, 9.17) is 0 Å². The normalized spacial score (nSPS) is 10.9. The quantitative estimate of drug-likeness (QED) is 0.619. The predicted octanol–water partition coefficient (Wildman–Crippen LogP) is 4.91. The van der Waals surface area contributed by atoms with E-state index in [0.717, 1.165) is 12.0 Å². The largest absolute Gasteiger partial charge is 0.354 e. The summed E-state index contributed by atoms with van der Waals surface area (Å²) in [4.78, 5) is 3.49. The molecule has 0 saturated carbocycles. The SMILES string of the molecule is C=CCC(=C)c1cccc2c1[nH]c1ccccc12. The number of allylic oxidation sites excluding steroid dienone is 2. The Morgan fingerprint density at radius 2 is 1.83 bits per heavy atom. The maximum absolute atomic E-state index is 4.14. The number of aromatic nitrogens is 1. The zero-order chi connectivity index (χ0) is 12.5. The minimum Gasteiger partial charge on any atom is -0.354 e. The molecule has 1 aromatic heterocycles. The van der Waals surface area contributed by atoms with Gasteiger partial charge in [0.05, 0.1) is 5.52 Å². The summed E-state index contributed by atoms with van der Waals surface area (Å²) in [7, 11) is 0. The van der Waals surface area contributed by atoms with Crippen LogP contribution in [0.1, 0.15) is 12.0 Å². The molecule has 1 nitrogen and oxygen atoms in total. The number of rotatable bonds is 3. The van der Waals surface area contributed by atoms with Crippen molar-refractivity contribution in [1.82, 2.24) is 4.98 Å². The van der Waals surface area contributed by atoms with Gasteiger partial charge in [0, 0.05) is 21.9 Å². The first-order valence-corrected chi connectivity index (χ1v) is 6.09. The van der Waals surface area contributed by atoms with Crippen LogP contribution in [0.4, 0.5) is 0 Å². The number of benzene rings is 2. The fraction of sp³-hybridized carbons (Fsp3) is 0.0588. The highest BCUT2D eigenvalue weighted by molar-refractivity contribution is 6.10. The van der Waals surface area contributed by atoms with Crippen LogP contribution in [0.3, 0.4) is 0 Å². The number of nitrogens with one attached hydrogen (secondary N) is 1. The van der Waals surface area contributed by atoms with Crippen molar-refractivity contribution in [3.63, 3.8) is 0 Å². The Balaban J connectivity index is 2.34. The Morgan fingerprint density at radius 3 is 2.67 bits per heavy atom. The standard InChI is InChI=1S/C17H15N/c1-3-7-12(2)13-9-6-10-15-14-8-4-5-11-16(14)18-17(13)15/h3-6,8-11,18H,1-2,7H2. The number of para-hydroxylation sites is 2. The summed E-state index contributed by atoms with van der Waals surface area (Å²) >= 11 is 0. The van der Waals surface area contributed by atoms with Gasteiger partial charge in [0.25, 0.3) is 0 Å². The van der Waals surface area contributed by atoms with Gasteiger partial charge >= 0.3 is 0 Å². The lowest BCUT2D eigenvalue weighted by Crippen LogP contribution is -1.83. The first-order chi connectivity index (χ1) is 8.81. The molecule has 3 rings (SSSR count). The van der Waals surface area contributed by atoms with Crippen molar-refractivity contribution in [3.05, 3.63) is 67.3 Å². The second kappa shape index (κ2) is 4.19. The zero-order valence-electron chi connectivity index (χ0n) is 10.2. The second-order valence-electron chi connectivity index (χ2n) is 4.50. The Hall–Kier alpha value is -2.28. The third kappa shape index (κ3) is 1.56. The second-order valence-corrected chi connectivity index (χ2v) is 4.50. The van der Waals surface area contributed by atoms with Gasteiger partial charge in [-0.15, -0.1) is 6.58 Å². The minimum absolute atomic E-state index is 0.814. The van der Waals surface area contributed by atoms with E-state index < -0.39 is 0 Å². The van der Waals surface area contributed by atoms with Crippen LogP contribution in [-0.2, 0) is 0 Å². The number of hydrogen-bond donors (Lipinski definition) is 1. The van der Waals surface area contributed by atoms with E-state index in [-0.39, 0.29) is 0 Å². The smallest absolute Gasteiger partial charge is 0.0541 e. The Bertz CT molecular complexity index is 746. The van der Waals surface area contributed by atoms with Gasteiger partial charge in [-0.3, -0.25) is 0 Å². The molecule has 1 heteroatoms. The summed E-state index contributed by atoms with van der Waals surface area (Å²) < 4.78 is 0. The minimum atomic E-state index is 0.814. The van der Waals surface area contributed by atoms with Crippen LogP contribution in [0.25, 0.3) is 27.4 Å². The molecule has 1 N–H and O–H groups in total. The molecule has 0 spiro atoms. The third-order valence-electron chi connectivity index (χ3n) is 3.31. The molecule has 3 aromatic rings. The van der Waals surface area contributed by atoms with Gasteiger partial charge in [-0.2, -0.15) is 0 Å². The van der Waals surface area contributed by atoms with Gasteiger partial charge in [-0.1, -0.05) is 49.1 Å². The Kier molecular flexibility index (Phi) is 2.52. The van der Waals surface area contributed by atoms with Crippen LogP contribution < -0.4 is 0 Å². The molecule has 0 bridgehead atoms. The molecule has 0 fully saturated rings. The van der Waals surface area contributed by atoms with Crippen molar-refractivity contribution in [2.24, 2.45) is 0 Å². The number of H-pyrrole nitrogens is 1. The lowest BCUT2D eigenvalue weighted by molar-refractivity contribution is 1.41. The first kappa shape index (κ1) is 10.8. The van der Waals surface area contributed by atoms with Crippen molar-refractivity contribution in [1.29, 1.82) is 0 Å². The van der Waals surface area contributed by atoms with Gasteiger partial charge in [-0.25, -0.2) is 0 Å². The summed E-state index contributed by atoms with van der Waals surface area (Å²) in [5, 5.41) is 2.52. The molecular weight excluding hydrogens is 218 g/mol. The van der Waals surface area contributed by atoms with Crippen molar-refractivity contribution in [3.8, 4) is 0 Å². The third-order valence-corrected chi connectivity index (χ3v) is 3.31. The monoisotopic (exact) mass is 233 g/mol. The molecule has 0 saturated heterocycles. The Morgan fingerprint density at radius 1 is 1.06 bits per heavy atom. The highest BCUT2D eigenvalue weighted by atomic mass is 14.7. The molecule has 0 aliphatic rings. The lowest BCUT2D eigenvalue weighted by Gasteiger charge is -2.04. The number of aromatic amines is 1. The van der Waals surface area contributed by atoms with Crippen LogP contribution >= 0.6 is 0 Å². The highest BCUT2D eigenvalue weighted by Gasteiger charge is 2.08. The molecule has 0 aliphatic heterocycles. The van der Waals surface area contributed by atoms with E-state index >= 15 is 0 Å². The van der Waals surface area contributed by atoms with Gasteiger partial charge in [0.1, 0.15) is 0 Å².